The maximum absolute atomic E-state index is 12.4. The van der Waals surface area contributed by atoms with Crippen LogP contribution in [-0.2, 0) is 0 Å². The van der Waals surface area contributed by atoms with E-state index in [-0.39, 0.29) is 11.9 Å². The van der Waals surface area contributed by atoms with Gasteiger partial charge < -0.3 is 4.74 Å². The molecule has 6 heteroatoms. The van der Waals surface area contributed by atoms with Crippen LogP contribution in [0.5, 0.6) is 5.75 Å². The van der Waals surface area contributed by atoms with Crippen molar-refractivity contribution in [2.75, 3.05) is 11.5 Å². The summed E-state index contributed by atoms with van der Waals surface area (Å²) < 4.78 is 13.5. The number of rotatable bonds is 1. The predicted molar refractivity (Wildman–Crippen MR) is 68.1 cm³/mol. The largest absolute Gasteiger partial charge is 0.489 e. The molecule has 3 rings (SSSR count). The van der Waals surface area contributed by atoms with Crippen LogP contribution >= 0.6 is 11.7 Å². The second kappa shape index (κ2) is 4.38. The van der Waals surface area contributed by atoms with Gasteiger partial charge >= 0.3 is 0 Å². The minimum absolute atomic E-state index is 0.0194. The van der Waals surface area contributed by atoms with Crippen molar-refractivity contribution < 1.29 is 9.53 Å². The first-order chi connectivity index (χ1) is 8.77. The van der Waals surface area contributed by atoms with Crippen molar-refractivity contribution >= 4 is 23.3 Å². The number of benzene rings is 1. The van der Waals surface area contributed by atoms with Crippen LogP contribution in [0, 0.1) is 0 Å². The smallest absolute Gasteiger partial charge is 0.280 e. The molecule has 0 saturated carbocycles. The molecular formula is C12H11N3O2S. The SMILES string of the molecule is C[C@@H]1COc2ccccc2N1C(=O)c1cnsn1. The molecule has 1 atom stereocenters. The van der Waals surface area contributed by atoms with Gasteiger partial charge in [0.1, 0.15) is 12.4 Å². The molecule has 0 unspecified atom stereocenters. The van der Waals surface area contributed by atoms with Crippen LogP contribution in [0.2, 0.25) is 0 Å². The van der Waals surface area contributed by atoms with E-state index < -0.39 is 0 Å². The van der Waals surface area contributed by atoms with Gasteiger partial charge in [0.2, 0.25) is 0 Å². The lowest BCUT2D eigenvalue weighted by Crippen LogP contribution is -2.45. The zero-order chi connectivity index (χ0) is 12.5. The zero-order valence-electron chi connectivity index (χ0n) is 9.74. The Kier molecular flexibility index (Phi) is 2.71. The molecule has 1 aromatic carbocycles. The summed E-state index contributed by atoms with van der Waals surface area (Å²) in [6.07, 6.45) is 1.50. The summed E-state index contributed by atoms with van der Waals surface area (Å²) in [5, 5.41) is 0. The second-order valence-corrected chi connectivity index (χ2v) is 4.65. The molecule has 0 aliphatic carbocycles. The third-order valence-corrected chi connectivity index (χ3v) is 3.32. The van der Waals surface area contributed by atoms with Crippen LogP contribution in [0.15, 0.2) is 30.5 Å². The van der Waals surface area contributed by atoms with Crippen LogP contribution in [0.25, 0.3) is 0 Å². The van der Waals surface area contributed by atoms with Crippen molar-refractivity contribution in [3.63, 3.8) is 0 Å². The Bertz CT molecular complexity index is 570. The number of carbonyl (C=O) groups excluding carboxylic acids is 1. The van der Waals surface area contributed by atoms with Crippen LogP contribution in [0.3, 0.4) is 0 Å². The molecule has 0 fully saturated rings. The van der Waals surface area contributed by atoms with Crippen molar-refractivity contribution in [3.05, 3.63) is 36.2 Å². The van der Waals surface area contributed by atoms with Gasteiger partial charge in [-0.2, -0.15) is 8.75 Å². The molecule has 0 radical (unpaired) electrons. The number of para-hydroxylation sites is 2. The number of hydrogen-bond donors (Lipinski definition) is 0. The fourth-order valence-corrected chi connectivity index (χ4v) is 2.40. The molecule has 2 heterocycles. The maximum atomic E-state index is 12.4. The van der Waals surface area contributed by atoms with E-state index in [4.69, 9.17) is 4.74 Å². The quantitative estimate of drug-likeness (QED) is 0.787. The Morgan fingerprint density at radius 1 is 1.50 bits per heavy atom. The first kappa shape index (κ1) is 11.2. The van der Waals surface area contributed by atoms with Crippen molar-refractivity contribution in [2.24, 2.45) is 0 Å². The summed E-state index contributed by atoms with van der Waals surface area (Å²) in [5.41, 5.74) is 1.16. The van der Waals surface area contributed by atoms with Gasteiger partial charge in [-0.15, -0.1) is 0 Å². The zero-order valence-corrected chi connectivity index (χ0v) is 10.6. The Morgan fingerprint density at radius 3 is 3.11 bits per heavy atom. The fraction of sp³-hybridized carbons (Fsp3) is 0.250. The van der Waals surface area contributed by atoms with Gasteiger partial charge in [0, 0.05) is 0 Å². The molecule has 0 spiro atoms. The Morgan fingerprint density at radius 2 is 2.33 bits per heavy atom. The molecular weight excluding hydrogens is 250 g/mol. The molecule has 1 aromatic heterocycles. The van der Waals surface area contributed by atoms with E-state index in [0.717, 1.165) is 23.2 Å². The minimum Gasteiger partial charge on any atom is -0.489 e. The number of carbonyl (C=O) groups is 1. The number of ether oxygens (including phenoxy) is 1. The number of aromatic nitrogens is 2. The molecule has 0 N–H and O–H groups in total. The molecule has 0 saturated heterocycles. The minimum atomic E-state index is -0.132. The third-order valence-electron chi connectivity index (χ3n) is 2.84. The van der Waals surface area contributed by atoms with E-state index in [1.54, 1.807) is 4.90 Å². The highest BCUT2D eigenvalue weighted by Gasteiger charge is 2.30. The first-order valence-electron chi connectivity index (χ1n) is 5.60. The molecule has 1 aliphatic rings. The summed E-state index contributed by atoms with van der Waals surface area (Å²) in [5.74, 6) is 0.596. The van der Waals surface area contributed by atoms with E-state index in [1.807, 2.05) is 31.2 Å². The number of hydrogen-bond acceptors (Lipinski definition) is 5. The first-order valence-corrected chi connectivity index (χ1v) is 6.33. The van der Waals surface area contributed by atoms with E-state index in [9.17, 15) is 4.79 Å². The van der Waals surface area contributed by atoms with E-state index >= 15 is 0 Å². The average Bonchev–Trinajstić information content (AvgIpc) is 2.92. The van der Waals surface area contributed by atoms with Crippen molar-refractivity contribution in [3.8, 4) is 5.75 Å². The standard InChI is InChI=1S/C12H11N3O2S/c1-8-7-17-11-5-3-2-4-10(11)15(8)12(16)9-6-13-18-14-9/h2-6,8H,7H2,1H3/t8-/m1/s1. The average molecular weight is 261 g/mol. The van der Waals surface area contributed by atoms with Gasteiger partial charge in [0.05, 0.1) is 29.7 Å². The second-order valence-electron chi connectivity index (χ2n) is 4.10. The Labute approximate surface area is 108 Å². The predicted octanol–water partition coefficient (Wildman–Crippen LogP) is 1.97. The lowest BCUT2D eigenvalue weighted by atomic mass is 10.1. The summed E-state index contributed by atoms with van der Waals surface area (Å²) in [4.78, 5) is 14.1. The maximum Gasteiger partial charge on any atom is 0.280 e. The highest BCUT2D eigenvalue weighted by molar-refractivity contribution is 6.99. The Hall–Kier alpha value is -1.95. The summed E-state index contributed by atoms with van der Waals surface area (Å²) >= 11 is 1.04. The van der Waals surface area contributed by atoms with Gasteiger partial charge in [0.15, 0.2) is 5.69 Å². The Balaban J connectivity index is 2.03. The normalized spacial score (nSPS) is 18.1. The van der Waals surface area contributed by atoms with Gasteiger partial charge in [0.25, 0.3) is 5.91 Å². The monoisotopic (exact) mass is 261 g/mol. The lowest BCUT2D eigenvalue weighted by Gasteiger charge is -2.34. The molecule has 92 valence electrons. The highest BCUT2D eigenvalue weighted by atomic mass is 32.1. The summed E-state index contributed by atoms with van der Waals surface area (Å²) in [6, 6.07) is 7.50. The topological polar surface area (TPSA) is 55.3 Å². The van der Waals surface area contributed by atoms with Crippen LogP contribution in [-0.4, -0.2) is 27.3 Å². The van der Waals surface area contributed by atoms with Crippen LogP contribution in [0.4, 0.5) is 5.69 Å². The molecule has 0 bridgehead atoms. The van der Waals surface area contributed by atoms with E-state index in [1.165, 1.54) is 6.20 Å². The molecule has 1 aliphatic heterocycles. The lowest BCUT2D eigenvalue weighted by molar-refractivity contribution is 0.0957. The number of nitrogens with zero attached hydrogens (tertiary/aromatic N) is 3. The van der Waals surface area contributed by atoms with Crippen LogP contribution < -0.4 is 9.64 Å². The summed E-state index contributed by atoms with van der Waals surface area (Å²) in [7, 11) is 0. The fourth-order valence-electron chi connectivity index (χ4n) is 1.99. The van der Waals surface area contributed by atoms with Gasteiger partial charge in [-0.1, -0.05) is 12.1 Å². The number of anilines is 1. The van der Waals surface area contributed by atoms with Crippen molar-refractivity contribution in [1.29, 1.82) is 0 Å². The molecule has 18 heavy (non-hydrogen) atoms. The molecule has 2 aromatic rings. The highest BCUT2D eigenvalue weighted by Crippen LogP contribution is 2.34. The van der Waals surface area contributed by atoms with Gasteiger partial charge in [-0.05, 0) is 19.1 Å². The van der Waals surface area contributed by atoms with Crippen LogP contribution in [0.1, 0.15) is 17.4 Å². The molecule has 5 nitrogen and oxygen atoms in total. The van der Waals surface area contributed by atoms with E-state index in [0.29, 0.717) is 12.3 Å². The van der Waals surface area contributed by atoms with Crippen molar-refractivity contribution in [2.45, 2.75) is 13.0 Å². The van der Waals surface area contributed by atoms with Gasteiger partial charge in [-0.25, -0.2) is 0 Å². The number of fused-ring (bicyclic) bond motifs is 1. The third kappa shape index (κ3) is 1.74. The molecule has 1 amide bonds. The van der Waals surface area contributed by atoms with E-state index in [2.05, 4.69) is 8.75 Å². The number of amides is 1. The summed E-state index contributed by atoms with van der Waals surface area (Å²) in [6.45, 7) is 2.44. The van der Waals surface area contributed by atoms with Gasteiger partial charge in [-0.3, -0.25) is 9.69 Å². The van der Waals surface area contributed by atoms with Crippen molar-refractivity contribution in [1.82, 2.24) is 8.75 Å².